The van der Waals surface area contributed by atoms with E-state index < -0.39 is 5.76 Å². The molecule has 106 valence electrons. The first-order valence-electron chi connectivity index (χ1n) is 5.93. The lowest BCUT2D eigenvalue weighted by atomic mass is 10.3. The van der Waals surface area contributed by atoms with Gasteiger partial charge in [0.05, 0.1) is 5.69 Å². The maximum absolute atomic E-state index is 12.5. The van der Waals surface area contributed by atoms with Crippen molar-refractivity contribution in [1.29, 1.82) is 0 Å². The molecule has 0 atom stereocenters. The molecular weight excluding hydrogens is 304 g/mol. The van der Waals surface area contributed by atoms with E-state index in [4.69, 9.17) is 11.6 Å². The van der Waals surface area contributed by atoms with E-state index in [9.17, 15) is 8.78 Å². The molecule has 7 heteroatoms. The molecule has 0 aliphatic rings. The van der Waals surface area contributed by atoms with Crippen LogP contribution in [0.25, 0.3) is 0 Å². The molecular formula is C13H12ClF2N3S. The average molecular weight is 316 g/mol. The van der Waals surface area contributed by atoms with Crippen molar-refractivity contribution in [2.24, 2.45) is 0 Å². The van der Waals surface area contributed by atoms with Crippen LogP contribution in [0.4, 0.5) is 20.3 Å². The first-order valence-corrected chi connectivity index (χ1v) is 7.18. The molecule has 0 aliphatic carbocycles. The van der Waals surface area contributed by atoms with Crippen LogP contribution in [-0.2, 0) is 6.42 Å². The quantitative estimate of drug-likeness (QED) is 0.638. The number of nitrogens with zero attached hydrogens (tertiary/aromatic N) is 2. The molecule has 0 unspecified atom stereocenters. The van der Waals surface area contributed by atoms with Gasteiger partial charge in [-0.2, -0.15) is 8.78 Å². The van der Waals surface area contributed by atoms with E-state index >= 15 is 0 Å². The van der Waals surface area contributed by atoms with Crippen molar-refractivity contribution in [1.82, 2.24) is 9.97 Å². The minimum Gasteiger partial charge on any atom is -0.339 e. The van der Waals surface area contributed by atoms with Crippen molar-refractivity contribution in [2.75, 3.05) is 5.32 Å². The topological polar surface area (TPSA) is 37.8 Å². The maximum Gasteiger partial charge on any atom is 0.288 e. The Morgan fingerprint density at radius 2 is 2.05 bits per heavy atom. The molecule has 2 aromatic rings. The third-order valence-electron chi connectivity index (χ3n) is 2.42. The van der Waals surface area contributed by atoms with Crippen LogP contribution in [0.3, 0.4) is 0 Å². The van der Waals surface area contributed by atoms with Crippen molar-refractivity contribution >= 4 is 34.9 Å². The van der Waals surface area contributed by atoms with Crippen LogP contribution in [0.15, 0.2) is 35.2 Å². The summed E-state index contributed by atoms with van der Waals surface area (Å²) in [5.74, 6) is -1.39. The molecule has 3 nitrogen and oxygen atoms in total. The van der Waals surface area contributed by atoms with E-state index in [0.717, 1.165) is 0 Å². The Bertz CT molecular complexity index is 596. The van der Waals surface area contributed by atoms with E-state index in [2.05, 4.69) is 15.3 Å². The van der Waals surface area contributed by atoms with Crippen molar-refractivity contribution < 1.29 is 8.78 Å². The van der Waals surface area contributed by atoms with E-state index in [1.807, 2.05) is 6.92 Å². The third kappa shape index (κ3) is 4.05. The highest BCUT2D eigenvalue weighted by atomic mass is 35.5. The minimum atomic E-state index is -2.47. The number of aromatic nitrogens is 2. The maximum atomic E-state index is 12.5. The fourth-order valence-corrected chi connectivity index (χ4v) is 2.39. The highest BCUT2D eigenvalue weighted by Gasteiger charge is 2.10. The Morgan fingerprint density at radius 3 is 2.75 bits per heavy atom. The second-order valence-corrected chi connectivity index (χ2v) is 5.26. The van der Waals surface area contributed by atoms with E-state index in [-0.39, 0.29) is 0 Å². The van der Waals surface area contributed by atoms with Gasteiger partial charge >= 0.3 is 0 Å². The summed E-state index contributed by atoms with van der Waals surface area (Å²) in [6.45, 7) is 1.91. The second-order valence-electron chi connectivity index (χ2n) is 3.85. The Labute approximate surface area is 124 Å². The Morgan fingerprint density at radius 1 is 1.30 bits per heavy atom. The van der Waals surface area contributed by atoms with Gasteiger partial charge in [-0.1, -0.05) is 42.4 Å². The van der Waals surface area contributed by atoms with Crippen LogP contribution in [0.5, 0.6) is 0 Å². The summed E-state index contributed by atoms with van der Waals surface area (Å²) in [5, 5.41) is 3.32. The fourth-order valence-electron chi connectivity index (χ4n) is 1.59. The van der Waals surface area contributed by atoms with Gasteiger partial charge in [0.25, 0.3) is 5.76 Å². The first kappa shape index (κ1) is 15.0. The summed E-state index contributed by atoms with van der Waals surface area (Å²) in [6, 6.07) is 8.38. The van der Waals surface area contributed by atoms with Crippen LogP contribution in [0.2, 0.25) is 5.15 Å². The summed E-state index contributed by atoms with van der Waals surface area (Å²) in [4.78, 5) is 8.77. The lowest BCUT2D eigenvalue weighted by Crippen LogP contribution is -2.00. The van der Waals surface area contributed by atoms with Crippen LogP contribution in [0, 0.1) is 0 Å². The molecule has 0 fully saturated rings. The van der Waals surface area contributed by atoms with Gasteiger partial charge in [-0.25, -0.2) is 9.97 Å². The van der Waals surface area contributed by atoms with Gasteiger partial charge in [0, 0.05) is 17.4 Å². The van der Waals surface area contributed by atoms with Gasteiger partial charge in [-0.05, 0) is 12.1 Å². The van der Waals surface area contributed by atoms with Gasteiger partial charge in [-0.15, -0.1) is 0 Å². The molecule has 1 aromatic carbocycles. The minimum absolute atomic E-state index is 0.318. The number of nitrogens with one attached hydrogen (secondary N) is 1. The number of benzene rings is 1. The third-order valence-corrected chi connectivity index (χ3v) is 3.41. The smallest absolute Gasteiger partial charge is 0.288 e. The zero-order valence-electron chi connectivity index (χ0n) is 10.6. The number of hydrogen-bond acceptors (Lipinski definition) is 4. The number of hydrogen-bond donors (Lipinski definition) is 1. The Balaban J connectivity index is 2.27. The van der Waals surface area contributed by atoms with Crippen molar-refractivity contribution in [3.05, 3.63) is 41.3 Å². The number of anilines is 2. The molecule has 0 radical (unpaired) electrons. The summed E-state index contributed by atoms with van der Waals surface area (Å²) in [7, 11) is 0. The second kappa shape index (κ2) is 6.85. The summed E-state index contributed by atoms with van der Waals surface area (Å²) >= 11 is 6.39. The number of halogens is 3. The first-order chi connectivity index (χ1) is 9.58. The van der Waals surface area contributed by atoms with Gasteiger partial charge < -0.3 is 5.32 Å². The normalized spacial score (nSPS) is 10.8. The molecule has 1 aromatic heterocycles. The lowest BCUT2D eigenvalue weighted by Gasteiger charge is -2.11. The number of alkyl halides is 2. The SMILES string of the molecule is CCc1nc(Cl)cc(Nc2ccccc2SC(F)F)n1. The summed E-state index contributed by atoms with van der Waals surface area (Å²) in [5.41, 5.74) is 0.564. The molecule has 20 heavy (non-hydrogen) atoms. The lowest BCUT2D eigenvalue weighted by molar-refractivity contribution is 0.252. The Kier molecular flexibility index (Phi) is 5.14. The van der Waals surface area contributed by atoms with Gasteiger partial charge in [0.1, 0.15) is 16.8 Å². The molecule has 0 aliphatic heterocycles. The van der Waals surface area contributed by atoms with Crippen molar-refractivity contribution in [3.63, 3.8) is 0 Å². The molecule has 0 amide bonds. The molecule has 1 heterocycles. The fraction of sp³-hybridized carbons (Fsp3) is 0.231. The van der Waals surface area contributed by atoms with Crippen LogP contribution >= 0.6 is 23.4 Å². The molecule has 0 saturated heterocycles. The zero-order chi connectivity index (χ0) is 14.5. The molecule has 2 rings (SSSR count). The zero-order valence-corrected chi connectivity index (χ0v) is 12.2. The van der Waals surface area contributed by atoms with Crippen LogP contribution < -0.4 is 5.32 Å². The van der Waals surface area contributed by atoms with Gasteiger partial charge in [-0.3, -0.25) is 0 Å². The standard InChI is InChI=1S/C13H12ClF2N3S/c1-2-11-18-10(14)7-12(19-11)17-8-5-3-4-6-9(8)20-13(15)16/h3-7,13H,2H2,1H3,(H,17,18,19). The van der Waals surface area contributed by atoms with Crippen molar-refractivity contribution in [3.8, 4) is 0 Å². The number of aryl methyl sites for hydroxylation is 1. The average Bonchev–Trinajstić information content (AvgIpc) is 2.39. The highest BCUT2D eigenvalue weighted by Crippen LogP contribution is 2.33. The summed E-state index contributed by atoms with van der Waals surface area (Å²) < 4.78 is 25.0. The molecule has 1 N–H and O–H groups in total. The van der Waals surface area contributed by atoms with Gasteiger partial charge in [0.15, 0.2) is 0 Å². The van der Waals surface area contributed by atoms with Crippen LogP contribution in [0.1, 0.15) is 12.7 Å². The number of thioether (sulfide) groups is 1. The monoisotopic (exact) mass is 315 g/mol. The largest absolute Gasteiger partial charge is 0.339 e. The molecule has 0 saturated carbocycles. The number of para-hydroxylation sites is 1. The Hall–Kier alpha value is -1.40. The molecule has 0 spiro atoms. The van der Waals surface area contributed by atoms with E-state index in [0.29, 0.717) is 45.6 Å². The predicted molar refractivity (Wildman–Crippen MR) is 78.0 cm³/mol. The predicted octanol–water partition coefficient (Wildman–Crippen LogP) is 4.75. The van der Waals surface area contributed by atoms with Crippen LogP contribution in [-0.4, -0.2) is 15.7 Å². The van der Waals surface area contributed by atoms with Gasteiger partial charge in [0.2, 0.25) is 0 Å². The molecule has 0 bridgehead atoms. The van der Waals surface area contributed by atoms with Crippen molar-refractivity contribution in [2.45, 2.75) is 24.0 Å². The number of rotatable bonds is 5. The van der Waals surface area contributed by atoms with E-state index in [1.165, 1.54) is 0 Å². The highest BCUT2D eigenvalue weighted by molar-refractivity contribution is 7.99. The van der Waals surface area contributed by atoms with E-state index in [1.54, 1.807) is 30.3 Å². The summed E-state index contributed by atoms with van der Waals surface area (Å²) in [6.07, 6.45) is 0.642.